The van der Waals surface area contributed by atoms with E-state index in [1.165, 1.54) is 7.11 Å². The lowest BCUT2D eigenvalue weighted by molar-refractivity contribution is -0.140. The Hall–Kier alpha value is -3.10. The van der Waals surface area contributed by atoms with Crippen LogP contribution in [0, 0.1) is 0 Å². The predicted molar refractivity (Wildman–Crippen MR) is 131 cm³/mol. The summed E-state index contributed by atoms with van der Waals surface area (Å²) in [6.45, 7) is 5.84. The Morgan fingerprint density at radius 3 is 2.43 bits per heavy atom. The van der Waals surface area contributed by atoms with E-state index < -0.39 is 12.0 Å². The third-order valence-corrected chi connectivity index (χ3v) is 6.70. The summed E-state index contributed by atoms with van der Waals surface area (Å²) in [5.41, 5.74) is 3.29. The summed E-state index contributed by atoms with van der Waals surface area (Å²) in [5.74, 6) is 0.108. The van der Waals surface area contributed by atoms with Crippen LogP contribution in [-0.2, 0) is 20.7 Å². The van der Waals surface area contributed by atoms with Gasteiger partial charge in [-0.2, -0.15) is 0 Å². The highest BCUT2D eigenvalue weighted by atomic mass is 16.7. The van der Waals surface area contributed by atoms with Crippen molar-refractivity contribution in [3.63, 3.8) is 0 Å². The Balaban J connectivity index is 1.71. The molecule has 2 aliphatic rings. The number of methoxy groups -OCH3 is 2. The second kappa shape index (κ2) is 11.1. The largest absolute Gasteiger partial charge is 0.493 e. The van der Waals surface area contributed by atoms with Crippen molar-refractivity contribution < 1.29 is 28.5 Å². The molecule has 0 radical (unpaired) electrons. The Kier molecular flexibility index (Phi) is 7.93. The summed E-state index contributed by atoms with van der Waals surface area (Å²) in [4.78, 5) is 29.2. The van der Waals surface area contributed by atoms with Crippen LogP contribution < -0.4 is 14.8 Å². The van der Waals surface area contributed by atoms with Gasteiger partial charge in [-0.05, 0) is 49.1 Å². The zero-order valence-electron chi connectivity index (χ0n) is 20.8. The van der Waals surface area contributed by atoms with Gasteiger partial charge in [0.15, 0.2) is 17.8 Å². The number of nitrogens with one attached hydrogen (secondary N) is 1. The Morgan fingerprint density at radius 2 is 1.74 bits per heavy atom. The maximum Gasteiger partial charge on any atom is 0.254 e. The first-order chi connectivity index (χ1) is 17.0. The number of amides is 2. The first-order valence-electron chi connectivity index (χ1n) is 12.2. The lowest BCUT2D eigenvalue weighted by Crippen LogP contribution is -2.50. The highest BCUT2D eigenvalue weighted by Crippen LogP contribution is 2.48. The van der Waals surface area contributed by atoms with Gasteiger partial charge in [-0.15, -0.1) is 0 Å². The van der Waals surface area contributed by atoms with Gasteiger partial charge < -0.3 is 29.2 Å². The maximum absolute atomic E-state index is 13.8. The highest BCUT2D eigenvalue weighted by Gasteiger charge is 2.46. The van der Waals surface area contributed by atoms with Crippen molar-refractivity contribution in [3.8, 4) is 11.5 Å². The molecule has 8 nitrogen and oxygen atoms in total. The van der Waals surface area contributed by atoms with Crippen LogP contribution in [-0.4, -0.2) is 63.5 Å². The monoisotopic (exact) mass is 482 g/mol. The molecule has 35 heavy (non-hydrogen) atoms. The van der Waals surface area contributed by atoms with E-state index in [-0.39, 0.29) is 18.1 Å². The lowest BCUT2D eigenvalue weighted by Gasteiger charge is -2.45. The number of carbonyl (C=O) groups excluding carboxylic acids is 2. The van der Waals surface area contributed by atoms with Crippen LogP contribution in [0.1, 0.15) is 59.3 Å². The molecule has 0 fully saturated rings. The molecule has 0 saturated carbocycles. The van der Waals surface area contributed by atoms with Gasteiger partial charge in [0.05, 0.1) is 26.2 Å². The predicted octanol–water partition coefficient (Wildman–Crippen LogP) is 3.45. The molecule has 1 N–H and O–H groups in total. The van der Waals surface area contributed by atoms with E-state index in [1.807, 2.05) is 36.9 Å². The molecular weight excluding hydrogens is 448 g/mol. The zero-order chi connectivity index (χ0) is 24.9. The quantitative estimate of drug-likeness (QED) is 0.522. The fourth-order valence-electron chi connectivity index (χ4n) is 5.14. The van der Waals surface area contributed by atoms with Crippen LogP contribution in [0.5, 0.6) is 11.5 Å². The topological polar surface area (TPSA) is 86.3 Å². The molecule has 0 bridgehead atoms. The average Bonchev–Trinajstić information content (AvgIpc) is 2.88. The van der Waals surface area contributed by atoms with Crippen molar-refractivity contribution in [3.05, 3.63) is 58.7 Å². The fraction of sp³-hybridized carbons (Fsp3) is 0.481. The van der Waals surface area contributed by atoms with E-state index in [2.05, 4.69) is 11.4 Å². The van der Waals surface area contributed by atoms with Crippen LogP contribution in [0.2, 0.25) is 0 Å². The summed E-state index contributed by atoms with van der Waals surface area (Å²) in [6.07, 6.45) is 0.907. The van der Waals surface area contributed by atoms with Crippen LogP contribution in [0.3, 0.4) is 0 Å². The molecular formula is C27H34N2O6. The Labute approximate surface area is 206 Å². The number of nitrogens with zero attached hydrogens (tertiary/aromatic N) is 1. The minimum absolute atomic E-state index is 0.0998. The summed E-state index contributed by atoms with van der Waals surface area (Å²) in [7, 11) is 3.09. The average molecular weight is 483 g/mol. The summed E-state index contributed by atoms with van der Waals surface area (Å²) in [6, 6.07) is 11.1. The molecule has 2 atom stereocenters. The van der Waals surface area contributed by atoms with Crippen LogP contribution in [0.25, 0.3) is 0 Å². The molecule has 2 unspecified atom stereocenters. The summed E-state index contributed by atoms with van der Waals surface area (Å²) >= 11 is 0. The lowest BCUT2D eigenvalue weighted by atomic mass is 9.75. The molecule has 0 saturated heterocycles. The van der Waals surface area contributed by atoms with Crippen molar-refractivity contribution in [2.75, 3.05) is 40.5 Å². The number of carbonyl (C=O) groups is 2. The van der Waals surface area contributed by atoms with Crippen LogP contribution in [0.15, 0.2) is 36.4 Å². The molecule has 8 heteroatoms. The molecule has 0 aromatic heterocycles. The highest BCUT2D eigenvalue weighted by molar-refractivity contribution is 6.02. The fourth-order valence-corrected chi connectivity index (χ4v) is 5.14. The normalized spacial score (nSPS) is 18.5. The van der Waals surface area contributed by atoms with Gasteiger partial charge >= 0.3 is 0 Å². The van der Waals surface area contributed by atoms with Crippen molar-refractivity contribution >= 4 is 11.8 Å². The molecule has 2 aliphatic heterocycles. The first kappa shape index (κ1) is 25.0. The second-order valence-corrected chi connectivity index (χ2v) is 8.58. The third kappa shape index (κ3) is 4.86. The molecule has 0 spiro atoms. The van der Waals surface area contributed by atoms with E-state index in [0.29, 0.717) is 55.4 Å². The van der Waals surface area contributed by atoms with Gasteiger partial charge in [0.1, 0.15) is 0 Å². The maximum atomic E-state index is 13.8. The summed E-state index contributed by atoms with van der Waals surface area (Å²) < 4.78 is 22.2. The van der Waals surface area contributed by atoms with Crippen LogP contribution >= 0.6 is 0 Å². The SMILES string of the molecule is CCOC(CCNC(=O)C1c2cc(OC)c(OC)cc2C(=O)N2CCc3ccccc3C12)OCC. The van der Waals surface area contributed by atoms with Crippen molar-refractivity contribution in [2.45, 2.75) is 44.9 Å². The van der Waals surface area contributed by atoms with E-state index in [0.717, 1.165) is 17.5 Å². The van der Waals surface area contributed by atoms with Gasteiger partial charge in [0.2, 0.25) is 5.91 Å². The van der Waals surface area contributed by atoms with E-state index >= 15 is 0 Å². The minimum Gasteiger partial charge on any atom is -0.493 e. The number of benzene rings is 2. The van der Waals surface area contributed by atoms with E-state index in [4.69, 9.17) is 18.9 Å². The number of rotatable bonds is 10. The third-order valence-electron chi connectivity index (χ3n) is 6.70. The van der Waals surface area contributed by atoms with Gasteiger partial charge in [0.25, 0.3) is 5.91 Å². The van der Waals surface area contributed by atoms with E-state index in [9.17, 15) is 9.59 Å². The summed E-state index contributed by atoms with van der Waals surface area (Å²) in [5, 5.41) is 3.08. The standard InChI is InChI=1S/C27H34N2O6/c1-5-34-23(35-6-2)11-13-28-26(30)24-19-15-21(32-3)22(33-4)16-20(19)27(31)29-14-12-17-9-7-8-10-18(17)25(24)29/h7-10,15-16,23-25H,5-6,11-14H2,1-4H3,(H,28,30). The molecule has 2 heterocycles. The molecule has 2 aromatic rings. The van der Waals surface area contributed by atoms with Gasteiger partial charge in [0, 0.05) is 38.3 Å². The van der Waals surface area contributed by atoms with Crippen molar-refractivity contribution in [1.82, 2.24) is 10.2 Å². The molecule has 2 aromatic carbocycles. The molecule has 0 aliphatic carbocycles. The molecule has 2 amide bonds. The molecule has 188 valence electrons. The Morgan fingerprint density at radius 1 is 1.06 bits per heavy atom. The number of hydrogen-bond donors (Lipinski definition) is 1. The van der Waals surface area contributed by atoms with E-state index in [1.54, 1.807) is 19.2 Å². The number of fused-ring (bicyclic) bond motifs is 4. The Bertz CT molecular complexity index is 1070. The van der Waals surface area contributed by atoms with Gasteiger partial charge in [-0.3, -0.25) is 9.59 Å². The van der Waals surface area contributed by atoms with Crippen LogP contribution in [0.4, 0.5) is 0 Å². The van der Waals surface area contributed by atoms with Crippen molar-refractivity contribution in [1.29, 1.82) is 0 Å². The number of ether oxygens (including phenoxy) is 4. The molecule has 4 rings (SSSR count). The van der Waals surface area contributed by atoms with Gasteiger partial charge in [-0.25, -0.2) is 0 Å². The number of hydrogen-bond acceptors (Lipinski definition) is 6. The van der Waals surface area contributed by atoms with Gasteiger partial charge in [-0.1, -0.05) is 24.3 Å². The first-order valence-corrected chi connectivity index (χ1v) is 12.2. The second-order valence-electron chi connectivity index (χ2n) is 8.58. The minimum atomic E-state index is -0.596. The smallest absolute Gasteiger partial charge is 0.254 e. The van der Waals surface area contributed by atoms with Crippen molar-refractivity contribution in [2.24, 2.45) is 0 Å². The zero-order valence-corrected chi connectivity index (χ0v) is 20.8.